The molecule has 2 rings (SSSR count). The van der Waals surface area contributed by atoms with Gasteiger partial charge < -0.3 is 24.4 Å². The first-order valence-corrected chi connectivity index (χ1v) is 7.26. The number of methoxy groups -OCH3 is 2. The Morgan fingerprint density at radius 1 is 1.33 bits per heavy atom. The maximum Gasteiger partial charge on any atom is 0.326 e. The molecule has 2 saturated heterocycles. The maximum absolute atomic E-state index is 12.7. The first kappa shape index (κ1) is 16.0. The number of likely N-dealkylation sites (tertiary alicyclic amines) is 2. The summed E-state index contributed by atoms with van der Waals surface area (Å²) in [6.07, 6.45) is 1.88. The Morgan fingerprint density at radius 2 is 2.05 bits per heavy atom. The van der Waals surface area contributed by atoms with E-state index < -0.39 is 12.0 Å². The van der Waals surface area contributed by atoms with E-state index in [1.807, 2.05) is 6.92 Å². The van der Waals surface area contributed by atoms with E-state index in [1.165, 1.54) is 4.90 Å². The minimum Gasteiger partial charge on any atom is -0.480 e. The van der Waals surface area contributed by atoms with Gasteiger partial charge in [0.05, 0.1) is 18.2 Å². The average Bonchev–Trinajstić information content (AvgIpc) is 2.91. The molecule has 0 saturated carbocycles. The monoisotopic (exact) mass is 300 g/mol. The Bertz CT molecular complexity index is 416. The summed E-state index contributed by atoms with van der Waals surface area (Å²) in [5, 5.41) is 9.30. The van der Waals surface area contributed by atoms with Crippen molar-refractivity contribution in [2.75, 3.05) is 33.9 Å². The molecule has 0 aromatic rings. The highest BCUT2D eigenvalue weighted by Crippen LogP contribution is 2.27. The first-order valence-electron chi connectivity index (χ1n) is 7.26. The second kappa shape index (κ2) is 6.19. The number of piperidine rings is 1. The molecule has 2 fully saturated rings. The van der Waals surface area contributed by atoms with E-state index in [0.717, 1.165) is 12.8 Å². The standard InChI is InChI=1S/C14H24N2O5/c1-14(21-3)5-4-6-15(9-14)13(19)16-8-10(20-2)7-11(16)12(17)18/h10-11H,4-9H2,1-3H3,(H,17,18). The zero-order valence-electron chi connectivity index (χ0n) is 12.9. The van der Waals surface area contributed by atoms with E-state index >= 15 is 0 Å². The number of ether oxygens (including phenoxy) is 2. The third-order valence-corrected chi connectivity index (χ3v) is 4.55. The van der Waals surface area contributed by atoms with Crippen molar-refractivity contribution in [2.45, 2.75) is 43.9 Å². The van der Waals surface area contributed by atoms with Crippen LogP contribution in [-0.2, 0) is 14.3 Å². The number of amides is 2. The van der Waals surface area contributed by atoms with Gasteiger partial charge in [-0.1, -0.05) is 0 Å². The van der Waals surface area contributed by atoms with E-state index in [-0.39, 0.29) is 17.7 Å². The summed E-state index contributed by atoms with van der Waals surface area (Å²) in [7, 11) is 3.19. The van der Waals surface area contributed by atoms with E-state index in [0.29, 0.717) is 26.1 Å². The zero-order chi connectivity index (χ0) is 15.6. The molecule has 0 aromatic heterocycles. The largest absolute Gasteiger partial charge is 0.480 e. The lowest BCUT2D eigenvalue weighted by atomic mass is 9.95. The normalized spacial score (nSPS) is 33.3. The fraction of sp³-hybridized carbons (Fsp3) is 0.857. The lowest BCUT2D eigenvalue weighted by Gasteiger charge is -2.41. The van der Waals surface area contributed by atoms with Gasteiger partial charge in [-0.05, 0) is 19.8 Å². The average molecular weight is 300 g/mol. The summed E-state index contributed by atoms with van der Waals surface area (Å²) < 4.78 is 10.7. The Labute approximate surface area is 124 Å². The van der Waals surface area contributed by atoms with Crippen LogP contribution < -0.4 is 0 Å². The molecule has 0 aromatic carbocycles. The smallest absolute Gasteiger partial charge is 0.326 e. The number of urea groups is 1. The molecular weight excluding hydrogens is 276 g/mol. The van der Waals surface area contributed by atoms with E-state index in [2.05, 4.69) is 0 Å². The molecule has 2 amide bonds. The van der Waals surface area contributed by atoms with Crippen LogP contribution in [0.25, 0.3) is 0 Å². The van der Waals surface area contributed by atoms with Gasteiger partial charge in [0.1, 0.15) is 6.04 Å². The van der Waals surface area contributed by atoms with E-state index in [1.54, 1.807) is 19.1 Å². The molecule has 1 N–H and O–H groups in total. The van der Waals surface area contributed by atoms with Crippen molar-refractivity contribution in [1.29, 1.82) is 0 Å². The molecule has 7 heteroatoms. The molecule has 2 aliphatic rings. The van der Waals surface area contributed by atoms with E-state index in [4.69, 9.17) is 9.47 Å². The summed E-state index contributed by atoms with van der Waals surface area (Å²) in [6.45, 7) is 3.43. The number of rotatable bonds is 3. The third kappa shape index (κ3) is 3.29. The highest BCUT2D eigenvalue weighted by Gasteiger charge is 2.43. The minimum absolute atomic E-state index is 0.214. The third-order valence-electron chi connectivity index (χ3n) is 4.55. The van der Waals surface area contributed by atoms with E-state index in [9.17, 15) is 14.7 Å². The molecule has 0 spiro atoms. The van der Waals surface area contributed by atoms with Crippen molar-refractivity contribution in [2.24, 2.45) is 0 Å². The van der Waals surface area contributed by atoms with Crippen molar-refractivity contribution >= 4 is 12.0 Å². The predicted octanol–water partition coefficient (Wildman–Crippen LogP) is 0.781. The number of hydrogen-bond acceptors (Lipinski definition) is 4. The Morgan fingerprint density at radius 3 is 2.62 bits per heavy atom. The van der Waals surface area contributed by atoms with Crippen LogP contribution in [-0.4, -0.2) is 78.5 Å². The molecule has 21 heavy (non-hydrogen) atoms. The quantitative estimate of drug-likeness (QED) is 0.833. The van der Waals surface area contributed by atoms with Crippen LogP contribution in [0.15, 0.2) is 0 Å². The van der Waals surface area contributed by atoms with Crippen LogP contribution in [0.1, 0.15) is 26.2 Å². The van der Waals surface area contributed by atoms with Gasteiger partial charge in [-0.15, -0.1) is 0 Å². The summed E-state index contributed by atoms with van der Waals surface area (Å²) in [6, 6.07) is -1.04. The number of carbonyl (C=O) groups excluding carboxylic acids is 1. The van der Waals surface area contributed by atoms with Gasteiger partial charge in [0.2, 0.25) is 0 Å². The van der Waals surface area contributed by atoms with Crippen molar-refractivity contribution in [3.8, 4) is 0 Å². The SMILES string of the molecule is COC1CC(C(=O)O)N(C(=O)N2CCCC(C)(OC)C2)C1. The molecule has 0 radical (unpaired) electrons. The van der Waals surface area contributed by atoms with Crippen LogP contribution >= 0.6 is 0 Å². The highest BCUT2D eigenvalue weighted by atomic mass is 16.5. The number of carboxylic acids is 1. The predicted molar refractivity (Wildman–Crippen MR) is 75.2 cm³/mol. The number of carboxylic acid groups (broad SMARTS) is 1. The highest BCUT2D eigenvalue weighted by molar-refractivity contribution is 5.83. The maximum atomic E-state index is 12.7. The molecule has 3 atom stereocenters. The molecule has 120 valence electrons. The molecule has 7 nitrogen and oxygen atoms in total. The summed E-state index contributed by atoms with van der Waals surface area (Å²) in [5.74, 6) is -0.977. The number of nitrogens with zero attached hydrogens (tertiary/aromatic N) is 2. The molecule has 3 unspecified atom stereocenters. The van der Waals surface area contributed by atoms with Gasteiger partial charge >= 0.3 is 12.0 Å². The van der Waals surface area contributed by atoms with Gasteiger partial charge in [-0.2, -0.15) is 0 Å². The zero-order valence-corrected chi connectivity index (χ0v) is 12.9. The molecule has 2 aliphatic heterocycles. The Balaban J connectivity index is 2.09. The second-order valence-electron chi connectivity index (χ2n) is 6.06. The first-order chi connectivity index (χ1) is 9.90. The van der Waals surface area contributed by atoms with Crippen LogP contribution in [0, 0.1) is 0 Å². The number of hydrogen-bond donors (Lipinski definition) is 1. The molecule has 0 aliphatic carbocycles. The van der Waals surface area contributed by atoms with Gasteiger partial charge in [0.25, 0.3) is 0 Å². The lowest BCUT2D eigenvalue weighted by molar-refractivity contribution is -0.141. The van der Waals surface area contributed by atoms with Gasteiger partial charge in [0, 0.05) is 33.7 Å². The summed E-state index contributed by atoms with van der Waals surface area (Å²) in [4.78, 5) is 27.1. The fourth-order valence-corrected chi connectivity index (χ4v) is 3.13. The van der Waals surface area contributed by atoms with Crippen LogP contribution in [0.3, 0.4) is 0 Å². The van der Waals surface area contributed by atoms with Gasteiger partial charge in [0.15, 0.2) is 0 Å². The Hall–Kier alpha value is -1.34. The summed E-state index contributed by atoms with van der Waals surface area (Å²) >= 11 is 0. The van der Waals surface area contributed by atoms with Crippen molar-refractivity contribution in [1.82, 2.24) is 9.80 Å². The Kier molecular flexibility index (Phi) is 4.73. The molecule has 0 bridgehead atoms. The fourth-order valence-electron chi connectivity index (χ4n) is 3.13. The van der Waals surface area contributed by atoms with Crippen LogP contribution in [0.4, 0.5) is 4.79 Å². The van der Waals surface area contributed by atoms with Crippen molar-refractivity contribution in [3.63, 3.8) is 0 Å². The van der Waals surface area contributed by atoms with Gasteiger partial charge in [-0.3, -0.25) is 0 Å². The summed E-state index contributed by atoms with van der Waals surface area (Å²) in [5.41, 5.74) is -0.354. The van der Waals surface area contributed by atoms with Crippen LogP contribution in [0.2, 0.25) is 0 Å². The van der Waals surface area contributed by atoms with Gasteiger partial charge in [-0.25, -0.2) is 9.59 Å². The minimum atomic E-state index is -0.977. The second-order valence-corrected chi connectivity index (χ2v) is 6.06. The van der Waals surface area contributed by atoms with Crippen molar-refractivity contribution in [3.05, 3.63) is 0 Å². The van der Waals surface area contributed by atoms with Crippen LogP contribution in [0.5, 0.6) is 0 Å². The van der Waals surface area contributed by atoms with Crippen molar-refractivity contribution < 1.29 is 24.2 Å². The lowest BCUT2D eigenvalue weighted by Crippen LogP contribution is -2.55. The number of carbonyl (C=O) groups is 2. The molecule has 2 heterocycles. The topological polar surface area (TPSA) is 79.3 Å². The number of aliphatic carboxylic acids is 1. The molecular formula is C14H24N2O5.